The fourth-order valence-electron chi connectivity index (χ4n) is 1.66. The van der Waals surface area contributed by atoms with Crippen LogP contribution in [0.2, 0.25) is 0 Å². The van der Waals surface area contributed by atoms with Gasteiger partial charge in [0.25, 0.3) is 0 Å². The number of aliphatic carboxylic acids is 1. The van der Waals surface area contributed by atoms with Gasteiger partial charge in [0.15, 0.2) is 0 Å². The summed E-state index contributed by atoms with van der Waals surface area (Å²) in [5, 5.41) is 20.3. The summed E-state index contributed by atoms with van der Waals surface area (Å²) in [6.07, 6.45) is 0.00424. The lowest BCUT2D eigenvalue weighted by Crippen LogP contribution is -2.50. The van der Waals surface area contributed by atoms with Crippen LogP contribution < -0.4 is 5.32 Å². The molecule has 0 aromatic rings. The zero-order chi connectivity index (χ0) is 15.7. The lowest BCUT2D eigenvalue weighted by molar-refractivity contribution is -0.139. The number of hydrogen-bond donors (Lipinski definition) is 3. The summed E-state index contributed by atoms with van der Waals surface area (Å²) in [4.78, 5) is 26.7. The van der Waals surface area contributed by atoms with Gasteiger partial charge in [0.1, 0.15) is 6.04 Å². The first-order valence-electron chi connectivity index (χ1n) is 6.81. The monoisotopic (exact) mass is 289 g/mol. The molecule has 0 saturated carbocycles. The largest absolute Gasteiger partial charge is 0.480 e. The Bertz CT molecular complexity index is 308. The predicted octanol–water partition coefficient (Wildman–Crippen LogP) is 0.0512. The summed E-state index contributed by atoms with van der Waals surface area (Å²) in [6, 6.07) is -1.46. The van der Waals surface area contributed by atoms with Gasteiger partial charge in [-0.05, 0) is 20.0 Å². The van der Waals surface area contributed by atoms with E-state index in [1.807, 2.05) is 32.8 Å². The number of hydrogen-bond acceptors (Lipinski definition) is 4. The zero-order valence-electron chi connectivity index (χ0n) is 12.8. The first kappa shape index (κ1) is 18.7. The van der Waals surface area contributed by atoms with Crippen molar-refractivity contribution in [2.45, 2.75) is 26.3 Å². The molecule has 118 valence electrons. The Morgan fingerprint density at radius 3 is 2.20 bits per heavy atom. The molecule has 0 aliphatic heterocycles. The predicted molar refractivity (Wildman–Crippen MR) is 76.6 cm³/mol. The van der Waals surface area contributed by atoms with E-state index < -0.39 is 18.0 Å². The third-order valence-corrected chi connectivity index (χ3v) is 2.70. The van der Waals surface area contributed by atoms with Crippen molar-refractivity contribution in [1.29, 1.82) is 0 Å². The smallest absolute Gasteiger partial charge is 0.326 e. The molecule has 1 atom stereocenters. The topological polar surface area (TPSA) is 93.1 Å². The Kier molecular flexibility index (Phi) is 8.91. The normalized spacial score (nSPS) is 12.6. The molecule has 7 heteroatoms. The average Bonchev–Trinajstić information content (AvgIpc) is 2.32. The van der Waals surface area contributed by atoms with Gasteiger partial charge in [-0.1, -0.05) is 13.8 Å². The van der Waals surface area contributed by atoms with Gasteiger partial charge in [0, 0.05) is 32.7 Å². The minimum atomic E-state index is -1.13. The van der Waals surface area contributed by atoms with Crippen LogP contribution in [0.4, 0.5) is 4.79 Å². The van der Waals surface area contributed by atoms with Crippen molar-refractivity contribution in [3.8, 4) is 0 Å². The minimum absolute atomic E-state index is 0.00424. The molecule has 0 radical (unpaired) electrons. The molecule has 0 saturated heterocycles. The van der Waals surface area contributed by atoms with Crippen molar-refractivity contribution in [2.75, 3.05) is 40.3 Å². The maximum absolute atomic E-state index is 12.1. The molecule has 0 rings (SSSR count). The van der Waals surface area contributed by atoms with Crippen molar-refractivity contribution >= 4 is 12.0 Å². The van der Waals surface area contributed by atoms with Crippen LogP contribution in [-0.4, -0.2) is 78.4 Å². The molecule has 1 unspecified atom stereocenters. The van der Waals surface area contributed by atoms with E-state index in [1.165, 1.54) is 0 Å². The van der Waals surface area contributed by atoms with Crippen LogP contribution in [0.1, 0.15) is 20.3 Å². The second-order valence-corrected chi connectivity index (χ2v) is 5.50. The van der Waals surface area contributed by atoms with Gasteiger partial charge >= 0.3 is 12.0 Å². The molecule has 0 heterocycles. The van der Waals surface area contributed by atoms with Gasteiger partial charge < -0.3 is 25.3 Å². The summed E-state index contributed by atoms with van der Waals surface area (Å²) in [6.45, 7) is 5.52. The standard InChI is InChI=1S/C13H27N3O4/c1-10(2)9-16(7-6-15(3)4)13(20)14-11(5-8-17)12(18)19/h10-11,17H,5-9H2,1-4H3,(H,14,20)(H,18,19). The maximum Gasteiger partial charge on any atom is 0.326 e. The van der Waals surface area contributed by atoms with E-state index in [0.29, 0.717) is 25.6 Å². The molecule has 0 aromatic heterocycles. The zero-order valence-corrected chi connectivity index (χ0v) is 12.8. The van der Waals surface area contributed by atoms with Crippen LogP contribution in [0.5, 0.6) is 0 Å². The number of amides is 2. The number of carboxylic acids is 1. The molecule has 0 fully saturated rings. The second kappa shape index (κ2) is 9.55. The molecule has 0 spiro atoms. The van der Waals surface area contributed by atoms with Crippen LogP contribution in [0.15, 0.2) is 0 Å². The van der Waals surface area contributed by atoms with E-state index in [2.05, 4.69) is 5.32 Å². The Morgan fingerprint density at radius 1 is 1.20 bits per heavy atom. The van der Waals surface area contributed by atoms with Crippen molar-refractivity contribution < 1.29 is 19.8 Å². The fraction of sp³-hybridized carbons (Fsp3) is 0.846. The first-order valence-corrected chi connectivity index (χ1v) is 6.81. The van der Waals surface area contributed by atoms with Crippen molar-refractivity contribution in [3.05, 3.63) is 0 Å². The summed E-state index contributed by atoms with van der Waals surface area (Å²) in [5.41, 5.74) is 0. The average molecular weight is 289 g/mol. The number of carbonyl (C=O) groups is 2. The number of rotatable bonds is 9. The van der Waals surface area contributed by atoms with Crippen LogP contribution >= 0.6 is 0 Å². The summed E-state index contributed by atoms with van der Waals surface area (Å²) in [7, 11) is 3.83. The highest BCUT2D eigenvalue weighted by molar-refractivity contribution is 5.82. The minimum Gasteiger partial charge on any atom is -0.480 e. The molecule has 0 aromatic carbocycles. The van der Waals surface area contributed by atoms with Gasteiger partial charge in [-0.3, -0.25) is 0 Å². The van der Waals surface area contributed by atoms with Crippen LogP contribution in [-0.2, 0) is 4.79 Å². The quantitative estimate of drug-likeness (QED) is 0.558. The lowest BCUT2D eigenvalue weighted by atomic mass is 10.2. The lowest BCUT2D eigenvalue weighted by Gasteiger charge is -2.27. The third kappa shape index (κ3) is 7.96. The van der Waals surface area contributed by atoms with Crippen LogP contribution in [0, 0.1) is 5.92 Å². The summed E-state index contributed by atoms with van der Waals surface area (Å²) >= 11 is 0. The Balaban J connectivity index is 4.61. The number of carboxylic acid groups (broad SMARTS) is 1. The van der Waals surface area contributed by atoms with Crippen molar-refractivity contribution in [2.24, 2.45) is 5.92 Å². The van der Waals surface area contributed by atoms with E-state index >= 15 is 0 Å². The highest BCUT2D eigenvalue weighted by Crippen LogP contribution is 2.01. The molecule has 0 aliphatic rings. The van der Waals surface area contributed by atoms with Crippen LogP contribution in [0.3, 0.4) is 0 Å². The summed E-state index contributed by atoms with van der Waals surface area (Å²) in [5.74, 6) is -0.839. The van der Waals surface area contributed by atoms with Gasteiger partial charge in [-0.2, -0.15) is 0 Å². The number of carbonyl (C=O) groups excluding carboxylic acids is 1. The van der Waals surface area contributed by atoms with E-state index in [9.17, 15) is 9.59 Å². The van der Waals surface area contributed by atoms with E-state index in [0.717, 1.165) is 0 Å². The molecule has 20 heavy (non-hydrogen) atoms. The van der Waals surface area contributed by atoms with Gasteiger partial charge in [0.05, 0.1) is 0 Å². The molecule has 2 amide bonds. The van der Waals surface area contributed by atoms with Crippen molar-refractivity contribution in [1.82, 2.24) is 15.1 Å². The number of nitrogens with zero attached hydrogens (tertiary/aromatic N) is 2. The first-order chi connectivity index (χ1) is 9.27. The number of likely N-dealkylation sites (N-methyl/N-ethyl adjacent to an activating group) is 1. The number of aliphatic hydroxyl groups excluding tert-OH is 1. The third-order valence-electron chi connectivity index (χ3n) is 2.70. The Morgan fingerprint density at radius 2 is 1.80 bits per heavy atom. The molecule has 3 N–H and O–H groups in total. The van der Waals surface area contributed by atoms with Gasteiger partial charge in [0.2, 0.25) is 0 Å². The highest BCUT2D eigenvalue weighted by Gasteiger charge is 2.23. The van der Waals surface area contributed by atoms with E-state index in [1.54, 1.807) is 4.90 Å². The highest BCUT2D eigenvalue weighted by atomic mass is 16.4. The SMILES string of the molecule is CC(C)CN(CCN(C)C)C(=O)NC(CCO)C(=O)O. The van der Waals surface area contributed by atoms with E-state index in [4.69, 9.17) is 10.2 Å². The maximum atomic E-state index is 12.1. The second-order valence-electron chi connectivity index (χ2n) is 5.50. The molecular weight excluding hydrogens is 262 g/mol. The Hall–Kier alpha value is -1.34. The molecule has 7 nitrogen and oxygen atoms in total. The number of aliphatic hydroxyl groups is 1. The number of urea groups is 1. The fourth-order valence-corrected chi connectivity index (χ4v) is 1.66. The summed E-state index contributed by atoms with van der Waals surface area (Å²) < 4.78 is 0. The number of nitrogens with one attached hydrogen (secondary N) is 1. The van der Waals surface area contributed by atoms with Crippen molar-refractivity contribution in [3.63, 3.8) is 0 Å². The van der Waals surface area contributed by atoms with Crippen LogP contribution in [0.25, 0.3) is 0 Å². The van der Waals surface area contributed by atoms with E-state index in [-0.39, 0.29) is 13.0 Å². The molecule has 0 bridgehead atoms. The van der Waals surface area contributed by atoms with Gasteiger partial charge in [-0.25, -0.2) is 9.59 Å². The Labute approximate surface area is 120 Å². The molecular formula is C13H27N3O4. The van der Waals surface area contributed by atoms with Gasteiger partial charge in [-0.15, -0.1) is 0 Å². The molecule has 0 aliphatic carbocycles.